The van der Waals surface area contributed by atoms with Gasteiger partial charge in [0.2, 0.25) is 0 Å². The van der Waals surface area contributed by atoms with Crippen molar-refractivity contribution in [2.45, 2.75) is 20.0 Å². The summed E-state index contributed by atoms with van der Waals surface area (Å²) in [6.07, 6.45) is 1.62. The summed E-state index contributed by atoms with van der Waals surface area (Å²) in [5.41, 5.74) is 3.80. The number of hydrogen-bond donors (Lipinski definition) is 2. The SMILES string of the molecule is Cc1ccccc1CNC(=O)c1ccnc(NCc2ccccc2Cl)c1. The maximum absolute atomic E-state index is 12.4. The maximum Gasteiger partial charge on any atom is 0.251 e. The third-order valence-electron chi connectivity index (χ3n) is 4.14. The molecule has 1 aromatic heterocycles. The summed E-state index contributed by atoms with van der Waals surface area (Å²) >= 11 is 6.16. The number of anilines is 1. The first-order chi connectivity index (χ1) is 12.6. The molecule has 1 heterocycles. The molecular formula is C21H20ClN3O. The Morgan fingerprint density at radius 3 is 2.50 bits per heavy atom. The van der Waals surface area contributed by atoms with Crippen LogP contribution in [0.15, 0.2) is 66.9 Å². The first kappa shape index (κ1) is 18.0. The first-order valence-electron chi connectivity index (χ1n) is 8.39. The predicted octanol–water partition coefficient (Wildman–Crippen LogP) is 4.59. The molecule has 2 aromatic carbocycles. The molecule has 5 heteroatoms. The second-order valence-corrected chi connectivity index (χ2v) is 6.39. The number of halogens is 1. The van der Waals surface area contributed by atoms with E-state index in [9.17, 15) is 4.79 Å². The summed E-state index contributed by atoms with van der Waals surface area (Å²) < 4.78 is 0. The average molecular weight is 366 g/mol. The Labute approximate surface area is 158 Å². The van der Waals surface area contributed by atoms with Gasteiger partial charge < -0.3 is 10.6 Å². The van der Waals surface area contributed by atoms with Gasteiger partial charge in [0, 0.05) is 29.9 Å². The third-order valence-corrected chi connectivity index (χ3v) is 4.51. The molecule has 0 bridgehead atoms. The van der Waals surface area contributed by atoms with Crippen LogP contribution >= 0.6 is 11.6 Å². The van der Waals surface area contributed by atoms with Gasteiger partial charge in [-0.1, -0.05) is 54.1 Å². The Bertz CT molecular complexity index is 911. The molecule has 0 aliphatic rings. The highest BCUT2D eigenvalue weighted by atomic mass is 35.5. The van der Waals surface area contributed by atoms with E-state index < -0.39 is 0 Å². The number of nitrogens with zero attached hydrogens (tertiary/aromatic N) is 1. The number of amides is 1. The fraction of sp³-hybridized carbons (Fsp3) is 0.143. The van der Waals surface area contributed by atoms with Crippen LogP contribution in [-0.2, 0) is 13.1 Å². The normalized spacial score (nSPS) is 10.4. The molecule has 4 nitrogen and oxygen atoms in total. The summed E-state index contributed by atoms with van der Waals surface area (Å²) in [6, 6.07) is 19.1. The molecule has 2 N–H and O–H groups in total. The summed E-state index contributed by atoms with van der Waals surface area (Å²) in [5.74, 6) is 0.505. The highest BCUT2D eigenvalue weighted by Crippen LogP contribution is 2.16. The van der Waals surface area contributed by atoms with E-state index in [0.29, 0.717) is 29.5 Å². The molecule has 0 aliphatic carbocycles. The van der Waals surface area contributed by atoms with Crippen LogP contribution in [0.5, 0.6) is 0 Å². The van der Waals surface area contributed by atoms with Crippen molar-refractivity contribution < 1.29 is 4.79 Å². The quantitative estimate of drug-likeness (QED) is 0.672. The number of aryl methyl sites for hydroxylation is 1. The molecule has 0 radical (unpaired) electrons. The minimum atomic E-state index is -0.128. The monoisotopic (exact) mass is 365 g/mol. The predicted molar refractivity (Wildman–Crippen MR) is 105 cm³/mol. The zero-order chi connectivity index (χ0) is 18.4. The van der Waals surface area contributed by atoms with E-state index in [2.05, 4.69) is 15.6 Å². The van der Waals surface area contributed by atoms with Gasteiger partial charge in [0.25, 0.3) is 5.91 Å². The zero-order valence-corrected chi connectivity index (χ0v) is 15.3. The highest BCUT2D eigenvalue weighted by Gasteiger charge is 2.08. The van der Waals surface area contributed by atoms with Crippen molar-refractivity contribution in [2.75, 3.05) is 5.32 Å². The third kappa shape index (κ3) is 4.61. The van der Waals surface area contributed by atoms with Crippen LogP contribution in [0.2, 0.25) is 5.02 Å². The highest BCUT2D eigenvalue weighted by molar-refractivity contribution is 6.31. The number of carbonyl (C=O) groups excluding carboxylic acids is 1. The molecule has 0 saturated heterocycles. The van der Waals surface area contributed by atoms with Crippen molar-refractivity contribution in [3.63, 3.8) is 0 Å². The Morgan fingerprint density at radius 1 is 1.00 bits per heavy atom. The van der Waals surface area contributed by atoms with Gasteiger partial charge in [-0.3, -0.25) is 4.79 Å². The largest absolute Gasteiger partial charge is 0.366 e. The molecule has 3 aromatic rings. The van der Waals surface area contributed by atoms with E-state index in [4.69, 9.17) is 11.6 Å². The number of hydrogen-bond acceptors (Lipinski definition) is 3. The zero-order valence-electron chi connectivity index (χ0n) is 14.5. The Balaban J connectivity index is 1.62. The topological polar surface area (TPSA) is 54.0 Å². The fourth-order valence-electron chi connectivity index (χ4n) is 2.58. The molecular weight excluding hydrogens is 346 g/mol. The van der Waals surface area contributed by atoms with Crippen molar-refractivity contribution in [1.82, 2.24) is 10.3 Å². The molecule has 1 amide bonds. The summed E-state index contributed by atoms with van der Waals surface area (Å²) in [4.78, 5) is 16.7. The Kier molecular flexibility index (Phi) is 5.87. The Hall–Kier alpha value is -2.85. The molecule has 26 heavy (non-hydrogen) atoms. The van der Waals surface area contributed by atoms with Crippen molar-refractivity contribution in [3.8, 4) is 0 Å². The summed E-state index contributed by atoms with van der Waals surface area (Å²) in [7, 11) is 0. The van der Waals surface area contributed by atoms with E-state index in [1.54, 1.807) is 18.3 Å². The van der Waals surface area contributed by atoms with Crippen molar-refractivity contribution in [2.24, 2.45) is 0 Å². The van der Waals surface area contributed by atoms with Gasteiger partial charge in [0.05, 0.1) is 0 Å². The molecule has 0 saturated carbocycles. The lowest BCUT2D eigenvalue weighted by atomic mass is 10.1. The summed E-state index contributed by atoms with van der Waals surface area (Å²) in [5, 5.41) is 6.86. The van der Waals surface area contributed by atoms with Crippen LogP contribution in [0, 0.1) is 6.92 Å². The van der Waals surface area contributed by atoms with Gasteiger partial charge in [-0.25, -0.2) is 4.98 Å². The lowest BCUT2D eigenvalue weighted by molar-refractivity contribution is 0.0951. The van der Waals surface area contributed by atoms with E-state index in [1.807, 2.05) is 55.5 Å². The van der Waals surface area contributed by atoms with Crippen LogP contribution in [0.25, 0.3) is 0 Å². The number of nitrogens with one attached hydrogen (secondary N) is 2. The molecule has 132 valence electrons. The van der Waals surface area contributed by atoms with Gasteiger partial charge in [0.1, 0.15) is 5.82 Å². The lowest BCUT2D eigenvalue weighted by Crippen LogP contribution is -2.23. The number of carbonyl (C=O) groups is 1. The second-order valence-electron chi connectivity index (χ2n) is 5.98. The van der Waals surface area contributed by atoms with Gasteiger partial charge >= 0.3 is 0 Å². The fourth-order valence-corrected chi connectivity index (χ4v) is 2.78. The number of rotatable bonds is 6. The van der Waals surface area contributed by atoms with E-state index >= 15 is 0 Å². The minimum Gasteiger partial charge on any atom is -0.366 e. The van der Waals surface area contributed by atoms with E-state index in [0.717, 1.165) is 16.7 Å². The first-order valence-corrected chi connectivity index (χ1v) is 8.77. The van der Waals surface area contributed by atoms with Gasteiger partial charge in [-0.15, -0.1) is 0 Å². The van der Waals surface area contributed by atoms with Crippen LogP contribution < -0.4 is 10.6 Å². The van der Waals surface area contributed by atoms with Crippen molar-refractivity contribution in [1.29, 1.82) is 0 Å². The molecule has 0 unspecified atom stereocenters. The minimum absolute atomic E-state index is 0.128. The smallest absolute Gasteiger partial charge is 0.251 e. The van der Waals surface area contributed by atoms with Gasteiger partial charge in [0.15, 0.2) is 0 Å². The number of pyridine rings is 1. The maximum atomic E-state index is 12.4. The summed E-state index contributed by atoms with van der Waals surface area (Å²) in [6.45, 7) is 3.07. The molecule has 0 spiro atoms. The average Bonchev–Trinajstić information content (AvgIpc) is 2.67. The number of benzene rings is 2. The van der Waals surface area contributed by atoms with E-state index in [1.165, 1.54) is 0 Å². The molecule has 3 rings (SSSR count). The van der Waals surface area contributed by atoms with Crippen molar-refractivity contribution in [3.05, 3.63) is 94.1 Å². The molecule has 0 fully saturated rings. The number of aromatic nitrogens is 1. The van der Waals surface area contributed by atoms with Gasteiger partial charge in [-0.05, 0) is 41.8 Å². The Morgan fingerprint density at radius 2 is 1.73 bits per heavy atom. The van der Waals surface area contributed by atoms with Crippen LogP contribution in [0.3, 0.4) is 0 Å². The van der Waals surface area contributed by atoms with Crippen molar-refractivity contribution >= 4 is 23.3 Å². The van der Waals surface area contributed by atoms with Crippen LogP contribution in [0.4, 0.5) is 5.82 Å². The van der Waals surface area contributed by atoms with E-state index in [-0.39, 0.29) is 5.91 Å². The van der Waals surface area contributed by atoms with Crippen LogP contribution in [0.1, 0.15) is 27.0 Å². The van der Waals surface area contributed by atoms with Gasteiger partial charge in [-0.2, -0.15) is 0 Å². The van der Waals surface area contributed by atoms with Crippen LogP contribution in [-0.4, -0.2) is 10.9 Å². The standard InChI is InChI=1S/C21H20ClN3O/c1-15-6-2-3-7-17(15)13-25-21(26)16-10-11-23-20(12-16)24-14-18-8-4-5-9-19(18)22/h2-12H,13-14H2,1H3,(H,23,24)(H,25,26). The molecule has 0 aliphatic heterocycles. The molecule has 0 atom stereocenters. The second kappa shape index (κ2) is 8.50. The lowest BCUT2D eigenvalue weighted by Gasteiger charge is -2.10.